The van der Waals surface area contributed by atoms with E-state index in [0.29, 0.717) is 20.8 Å². The van der Waals surface area contributed by atoms with Gasteiger partial charge in [0.05, 0.1) is 0 Å². The molecule has 0 spiro atoms. The van der Waals surface area contributed by atoms with E-state index >= 15 is 0 Å². The SMILES string of the molecule is COc1cc(OC)c(I(OS(=O)(=O)c2ccc(C)cc2)c2ccccc2)c(OC)c1. The molecule has 8 heteroatoms. The van der Waals surface area contributed by atoms with Gasteiger partial charge in [-0.25, -0.2) is 0 Å². The van der Waals surface area contributed by atoms with E-state index in [1.54, 1.807) is 43.5 Å². The number of ether oxygens (including phenoxy) is 3. The molecule has 0 atom stereocenters. The summed E-state index contributed by atoms with van der Waals surface area (Å²) in [6, 6.07) is 19.3. The fraction of sp³-hybridized carbons (Fsp3) is 0.182. The predicted octanol–water partition coefficient (Wildman–Crippen LogP) is 4.89. The molecule has 0 fully saturated rings. The number of hydrogen-bond donors (Lipinski definition) is 0. The molecule has 0 amide bonds. The summed E-state index contributed by atoms with van der Waals surface area (Å²) in [5.74, 6) is 1.46. The van der Waals surface area contributed by atoms with Crippen LogP contribution in [-0.2, 0) is 12.6 Å². The van der Waals surface area contributed by atoms with Crippen LogP contribution in [0, 0.1) is 14.1 Å². The van der Waals surface area contributed by atoms with E-state index in [4.69, 9.17) is 16.7 Å². The fourth-order valence-corrected chi connectivity index (χ4v) is 10.1. The van der Waals surface area contributed by atoms with Crippen LogP contribution >= 0.6 is 20.2 Å². The second-order valence-electron chi connectivity index (χ2n) is 6.22. The Morgan fingerprint density at radius 3 is 1.83 bits per heavy atom. The second kappa shape index (κ2) is 9.67. The first kappa shape index (κ1) is 22.4. The average Bonchev–Trinajstić information content (AvgIpc) is 2.77. The average molecular weight is 542 g/mol. The Hall–Kier alpha value is -2.30. The Morgan fingerprint density at radius 1 is 0.767 bits per heavy atom. The molecule has 0 radical (unpaired) electrons. The van der Waals surface area contributed by atoms with Crippen LogP contribution in [0.1, 0.15) is 5.56 Å². The van der Waals surface area contributed by atoms with Gasteiger partial charge < -0.3 is 0 Å². The number of rotatable bonds is 8. The maximum absolute atomic E-state index is 13.1. The Labute approximate surface area is 184 Å². The van der Waals surface area contributed by atoms with Gasteiger partial charge in [0, 0.05) is 0 Å². The summed E-state index contributed by atoms with van der Waals surface area (Å²) in [5.41, 5.74) is 0.964. The minimum atomic E-state index is -4.01. The Kier molecular flexibility index (Phi) is 7.22. The van der Waals surface area contributed by atoms with Crippen molar-refractivity contribution in [3.8, 4) is 17.2 Å². The van der Waals surface area contributed by atoms with E-state index in [1.807, 2.05) is 37.3 Å². The summed E-state index contributed by atoms with van der Waals surface area (Å²) in [5, 5.41) is 0. The molecule has 3 rings (SSSR count). The van der Waals surface area contributed by atoms with Crippen LogP contribution in [0.4, 0.5) is 0 Å². The van der Waals surface area contributed by atoms with Gasteiger partial charge >= 0.3 is 185 Å². The molecule has 0 unspecified atom stereocenters. The van der Waals surface area contributed by atoms with Crippen molar-refractivity contribution >= 4 is 30.4 Å². The van der Waals surface area contributed by atoms with Gasteiger partial charge in [-0.2, -0.15) is 0 Å². The van der Waals surface area contributed by atoms with Crippen molar-refractivity contribution in [1.29, 1.82) is 0 Å². The molecule has 0 heterocycles. The summed E-state index contributed by atoms with van der Waals surface area (Å²) in [6.07, 6.45) is 0. The Balaban J connectivity index is 2.17. The molecule has 30 heavy (non-hydrogen) atoms. The van der Waals surface area contributed by atoms with Crippen LogP contribution < -0.4 is 14.2 Å². The molecule has 0 aliphatic carbocycles. The van der Waals surface area contributed by atoms with Crippen molar-refractivity contribution in [1.82, 2.24) is 0 Å². The number of hydrogen-bond acceptors (Lipinski definition) is 6. The Bertz CT molecular complexity index is 1070. The third-order valence-electron chi connectivity index (χ3n) is 4.21. The van der Waals surface area contributed by atoms with Gasteiger partial charge in [0.15, 0.2) is 0 Å². The van der Waals surface area contributed by atoms with E-state index < -0.39 is 30.4 Å². The molecule has 0 saturated heterocycles. The third kappa shape index (κ3) is 4.88. The monoisotopic (exact) mass is 542 g/mol. The minimum absolute atomic E-state index is 0.109. The predicted molar refractivity (Wildman–Crippen MR) is 123 cm³/mol. The number of halogens is 1. The van der Waals surface area contributed by atoms with E-state index in [1.165, 1.54) is 14.2 Å². The van der Waals surface area contributed by atoms with Crippen LogP contribution in [0.15, 0.2) is 71.6 Å². The second-order valence-corrected chi connectivity index (χ2v) is 12.5. The van der Waals surface area contributed by atoms with Crippen LogP contribution in [0.2, 0.25) is 0 Å². The zero-order chi connectivity index (χ0) is 21.7. The molecule has 0 aliphatic rings. The van der Waals surface area contributed by atoms with E-state index in [9.17, 15) is 8.42 Å². The summed E-state index contributed by atoms with van der Waals surface area (Å²) < 4.78 is 50.0. The summed E-state index contributed by atoms with van der Waals surface area (Å²) in [4.78, 5) is 0.109. The van der Waals surface area contributed by atoms with Gasteiger partial charge in [-0.3, -0.25) is 0 Å². The molecule has 0 N–H and O–H groups in total. The normalized spacial score (nSPS) is 11.7. The first-order valence-electron chi connectivity index (χ1n) is 8.96. The molecule has 0 aliphatic heterocycles. The fourth-order valence-electron chi connectivity index (χ4n) is 2.66. The molecule has 6 nitrogen and oxygen atoms in total. The molecule has 0 aromatic heterocycles. The number of benzene rings is 3. The van der Waals surface area contributed by atoms with Gasteiger partial charge in [0.2, 0.25) is 0 Å². The van der Waals surface area contributed by atoms with Crippen molar-refractivity contribution in [3.05, 3.63) is 79.4 Å². The maximum atomic E-state index is 13.1. The van der Waals surface area contributed by atoms with Crippen LogP contribution in [-0.4, -0.2) is 29.7 Å². The molecule has 3 aromatic carbocycles. The summed E-state index contributed by atoms with van der Waals surface area (Å²) in [7, 11) is 0.569. The first-order valence-corrected chi connectivity index (χ1v) is 13.4. The van der Waals surface area contributed by atoms with Gasteiger partial charge in [-0.05, 0) is 0 Å². The van der Waals surface area contributed by atoms with Crippen LogP contribution in [0.25, 0.3) is 0 Å². The van der Waals surface area contributed by atoms with Crippen molar-refractivity contribution in [2.45, 2.75) is 11.8 Å². The molecule has 3 aromatic rings. The summed E-state index contributed by atoms with van der Waals surface area (Å²) in [6.45, 7) is 1.90. The van der Waals surface area contributed by atoms with E-state index in [2.05, 4.69) is 0 Å². The van der Waals surface area contributed by atoms with Gasteiger partial charge in [-0.1, -0.05) is 0 Å². The molecule has 160 valence electrons. The number of methoxy groups -OCH3 is 3. The Morgan fingerprint density at radius 2 is 1.33 bits per heavy atom. The third-order valence-corrected chi connectivity index (χ3v) is 11.7. The van der Waals surface area contributed by atoms with Crippen molar-refractivity contribution in [2.24, 2.45) is 0 Å². The number of aryl methyl sites for hydroxylation is 1. The first-order chi connectivity index (χ1) is 14.4. The molecular weight excluding hydrogens is 519 g/mol. The quantitative estimate of drug-likeness (QED) is 0.378. The zero-order valence-electron chi connectivity index (χ0n) is 17.1. The van der Waals surface area contributed by atoms with Crippen LogP contribution in [0.3, 0.4) is 0 Å². The molecular formula is C22H23IO6S. The van der Waals surface area contributed by atoms with Gasteiger partial charge in [0.1, 0.15) is 0 Å². The van der Waals surface area contributed by atoms with Crippen LogP contribution in [0.5, 0.6) is 17.2 Å². The summed E-state index contributed by atoms with van der Waals surface area (Å²) >= 11 is -3.03. The van der Waals surface area contributed by atoms with Gasteiger partial charge in [-0.15, -0.1) is 0 Å². The van der Waals surface area contributed by atoms with Gasteiger partial charge in [0.25, 0.3) is 0 Å². The topological polar surface area (TPSA) is 71.1 Å². The van der Waals surface area contributed by atoms with Crippen molar-refractivity contribution in [2.75, 3.05) is 21.3 Å². The molecule has 0 saturated carbocycles. The molecule has 0 bridgehead atoms. The van der Waals surface area contributed by atoms with E-state index in [-0.39, 0.29) is 4.90 Å². The van der Waals surface area contributed by atoms with Crippen molar-refractivity contribution in [3.63, 3.8) is 0 Å². The standard InChI is InChI=1S/C22H23IO6S/c1-16-10-12-19(13-11-16)30(24,25)29-23(17-8-6-5-7-9-17)22-20(27-3)14-18(26-2)15-21(22)28-4/h5-15H,1-4H3. The van der Waals surface area contributed by atoms with E-state index in [0.717, 1.165) is 9.13 Å². The zero-order valence-corrected chi connectivity index (χ0v) is 20.1. The van der Waals surface area contributed by atoms with Crippen molar-refractivity contribution < 1.29 is 25.1 Å².